The minimum absolute atomic E-state index is 0.522. The van der Waals surface area contributed by atoms with E-state index in [1.807, 2.05) is 0 Å². The smallest absolute Gasteiger partial charge is 0.265 e. The molecule has 0 atom stereocenters. The predicted molar refractivity (Wildman–Crippen MR) is 60.8 cm³/mol. The third-order valence-electron chi connectivity index (χ3n) is 1.71. The van der Waals surface area contributed by atoms with E-state index < -0.39 is 11.1 Å². The highest BCUT2D eigenvalue weighted by Crippen LogP contribution is 2.13. The van der Waals surface area contributed by atoms with Crippen molar-refractivity contribution in [2.24, 2.45) is 7.05 Å². The first kappa shape index (κ1) is 12.3. The second-order valence-electron chi connectivity index (χ2n) is 2.94. The molecule has 1 aromatic rings. The number of thioether (sulfide) groups is 1. The summed E-state index contributed by atoms with van der Waals surface area (Å²) in [5.74, 6) is 1.47. The quantitative estimate of drug-likeness (QED) is 0.359. The number of unbranched alkanes of at least 4 members (excludes halogenated alkanes) is 1. The molecule has 1 rings (SSSR count). The average Bonchev–Trinajstić information content (AvgIpc) is 2.20. The van der Waals surface area contributed by atoms with E-state index in [1.165, 1.54) is 16.4 Å². The van der Waals surface area contributed by atoms with Crippen molar-refractivity contribution in [2.45, 2.75) is 18.0 Å². The molecule has 0 saturated heterocycles. The molecule has 0 radical (unpaired) electrons. The summed E-state index contributed by atoms with van der Waals surface area (Å²) in [4.78, 5) is 25.5. The van der Waals surface area contributed by atoms with Gasteiger partial charge in [-0.05, 0) is 12.8 Å². The Bertz CT molecular complexity index is 429. The van der Waals surface area contributed by atoms with E-state index in [0.717, 1.165) is 18.6 Å². The van der Waals surface area contributed by atoms with Crippen molar-refractivity contribution in [1.82, 2.24) is 14.8 Å². The Kier molecular flexibility index (Phi) is 4.90. The van der Waals surface area contributed by atoms with Gasteiger partial charge in [-0.1, -0.05) is 11.8 Å². The van der Waals surface area contributed by atoms with Crippen LogP contribution in [0.25, 0.3) is 0 Å². The highest BCUT2D eigenvalue weighted by atomic mass is 35.5. The van der Waals surface area contributed by atoms with Crippen LogP contribution in [0.3, 0.4) is 0 Å². The fourth-order valence-corrected chi connectivity index (χ4v) is 2.06. The van der Waals surface area contributed by atoms with Gasteiger partial charge in [0.1, 0.15) is 0 Å². The molecule has 1 N–H and O–H groups in total. The minimum Gasteiger partial charge on any atom is -0.265 e. The Hall–Kier alpha value is -0.750. The fourth-order valence-electron chi connectivity index (χ4n) is 0.950. The highest BCUT2D eigenvalue weighted by Gasteiger charge is 2.03. The van der Waals surface area contributed by atoms with Crippen molar-refractivity contribution < 1.29 is 0 Å². The zero-order valence-corrected chi connectivity index (χ0v) is 9.90. The number of hydrogen-bond acceptors (Lipinski definition) is 4. The molecule has 0 bridgehead atoms. The van der Waals surface area contributed by atoms with Crippen LogP contribution in [0.2, 0.25) is 0 Å². The second kappa shape index (κ2) is 5.97. The molecule has 15 heavy (non-hydrogen) atoms. The monoisotopic (exact) mass is 249 g/mol. The number of hydrogen-bond donors (Lipinski definition) is 1. The Morgan fingerprint density at radius 1 is 1.47 bits per heavy atom. The Balaban J connectivity index is 2.65. The number of H-pyrrole nitrogens is 1. The normalized spacial score (nSPS) is 10.5. The first-order chi connectivity index (χ1) is 7.15. The van der Waals surface area contributed by atoms with Crippen molar-refractivity contribution in [3.63, 3.8) is 0 Å². The third kappa shape index (κ3) is 3.71. The van der Waals surface area contributed by atoms with Crippen LogP contribution in [-0.2, 0) is 7.05 Å². The second-order valence-corrected chi connectivity index (χ2v) is 4.38. The van der Waals surface area contributed by atoms with Crippen LogP contribution < -0.4 is 11.1 Å². The largest absolute Gasteiger partial charge is 0.339 e. The van der Waals surface area contributed by atoms with Crippen LogP contribution in [0.15, 0.2) is 14.7 Å². The van der Waals surface area contributed by atoms with E-state index in [-0.39, 0.29) is 0 Å². The highest BCUT2D eigenvalue weighted by molar-refractivity contribution is 7.99. The van der Waals surface area contributed by atoms with Crippen LogP contribution in [-0.4, -0.2) is 26.4 Å². The number of aromatic amines is 1. The van der Waals surface area contributed by atoms with E-state index in [0.29, 0.717) is 11.0 Å². The first-order valence-corrected chi connectivity index (χ1v) is 6.03. The molecule has 0 aliphatic rings. The van der Waals surface area contributed by atoms with Gasteiger partial charge in [-0.15, -0.1) is 11.6 Å². The van der Waals surface area contributed by atoms with Gasteiger partial charge in [0.25, 0.3) is 0 Å². The summed E-state index contributed by atoms with van der Waals surface area (Å²) in [7, 11) is 1.65. The lowest BCUT2D eigenvalue weighted by atomic mass is 10.4. The molecule has 84 valence electrons. The van der Waals surface area contributed by atoms with Crippen molar-refractivity contribution in [3.8, 4) is 0 Å². The zero-order chi connectivity index (χ0) is 11.3. The summed E-state index contributed by atoms with van der Waals surface area (Å²) >= 11 is 6.97. The Morgan fingerprint density at radius 3 is 2.87 bits per heavy atom. The van der Waals surface area contributed by atoms with Gasteiger partial charge in [-0.25, -0.2) is 0 Å². The number of nitrogens with one attached hydrogen (secondary N) is 1. The van der Waals surface area contributed by atoms with Gasteiger partial charge in [0, 0.05) is 18.7 Å². The van der Waals surface area contributed by atoms with Gasteiger partial charge in [0.15, 0.2) is 5.16 Å². The molecule has 0 amide bonds. The maximum absolute atomic E-state index is 11.0. The van der Waals surface area contributed by atoms with Crippen LogP contribution in [0.4, 0.5) is 0 Å². The Morgan fingerprint density at radius 2 is 2.20 bits per heavy atom. The molecule has 0 spiro atoms. The maximum Gasteiger partial charge on any atom is 0.339 e. The SMILES string of the molecule is Cn1[nH]c(=O)c(=O)nc1SCCCCCl. The molecule has 0 fully saturated rings. The molecule has 7 heteroatoms. The third-order valence-corrected chi connectivity index (χ3v) is 3.09. The molecule has 1 aromatic heterocycles. The summed E-state index contributed by atoms with van der Waals surface area (Å²) in [5, 5.41) is 2.91. The molecule has 0 unspecified atom stereocenters. The van der Waals surface area contributed by atoms with Gasteiger partial charge in [0.2, 0.25) is 0 Å². The van der Waals surface area contributed by atoms with Crippen molar-refractivity contribution in [2.75, 3.05) is 11.6 Å². The van der Waals surface area contributed by atoms with Gasteiger partial charge >= 0.3 is 11.1 Å². The van der Waals surface area contributed by atoms with E-state index in [9.17, 15) is 9.59 Å². The molecule has 1 heterocycles. The first-order valence-electron chi connectivity index (χ1n) is 4.51. The molecule has 0 aromatic carbocycles. The summed E-state index contributed by atoms with van der Waals surface area (Å²) in [6, 6.07) is 0. The van der Waals surface area contributed by atoms with Gasteiger partial charge in [0.05, 0.1) is 0 Å². The number of halogens is 1. The van der Waals surface area contributed by atoms with Crippen LogP contribution in [0.5, 0.6) is 0 Å². The lowest BCUT2D eigenvalue weighted by Crippen LogP contribution is -2.33. The van der Waals surface area contributed by atoms with Crippen LogP contribution in [0.1, 0.15) is 12.8 Å². The molecule has 5 nitrogen and oxygen atoms in total. The summed E-state index contributed by atoms with van der Waals surface area (Å²) in [6.45, 7) is 0. The van der Waals surface area contributed by atoms with E-state index in [1.54, 1.807) is 7.05 Å². The van der Waals surface area contributed by atoms with Crippen molar-refractivity contribution in [1.29, 1.82) is 0 Å². The standard InChI is InChI=1S/C8H12ClN3O2S/c1-12-8(15-5-3-2-4-9)10-6(13)7(14)11-12/h2-5H2,1H3,(H,11,14). The molecule has 0 aliphatic heterocycles. The molecule has 0 aliphatic carbocycles. The minimum atomic E-state index is -0.743. The molecule has 0 saturated carbocycles. The van der Waals surface area contributed by atoms with Gasteiger partial charge < -0.3 is 0 Å². The number of aromatic nitrogens is 3. The van der Waals surface area contributed by atoms with Crippen LogP contribution >= 0.6 is 23.4 Å². The van der Waals surface area contributed by atoms with Gasteiger partial charge in [-0.2, -0.15) is 4.98 Å². The predicted octanol–water partition coefficient (Wildman–Crippen LogP) is 0.580. The van der Waals surface area contributed by atoms with E-state index in [2.05, 4.69) is 10.1 Å². The van der Waals surface area contributed by atoms with E-state index in [4.69, 9.17) is 11.6 Å². The number of alkyl halides is 1. The summed E-state index contributed by atoms with van der Waals surface area (Å²) in [5.41, 5.74) is -1.43. The topological polar surface area (TPSA) is 67.8 Å². The fraction of sp³-hybridized carbons (Fsp3) is 0.625. The number of nitrogens with zero attached hydrogens (tertiary/aromatic N) is 2. The van der Waals surface area contributed by atoms with Gasteiger partial charge in [-0.3, -0.25) is 19.4 Å². The lowest BCUT2D eigenvalue weighted by Gasteiger charge is -2.04. The summed E-state index contributed by atoms with van der Waals surface area (Å²) < 4.78 is 1.45. The Labute approximate surface area is 95.8 Å². The summed E-state index contributed by atoms with van der Waals surface area (Å²) in [6.07, 6.45) is 1.90. The molecular weight excluding hydrogens is 238 g/mol. The van der Waals surface area contributed by atoms with Crippen LogP contribution in [0, 0.1) is 0 Å². The zero-order valence-electron chi connectivity index (χ0n) is 8.33. The van der Waals surface area contributed by atoms with Crippen molar-refractivity contribution >= 4 is 23.4 Å². The number of aryl methyl sites for hydroxylation is 1. The lowest BCUT2D eigenvalue weighted by molar-refractivity contribution is 0.596. The maximum atomic E-state index is 11.0. The average molecular weight is 250 g/mol. The number of rotatable bonds is 5. The molecular formula is C8H12ClN3O2S. The van der Waals surface area contributed by atoms with E-state index >= 15 is 0 Å². The van der Waals surface area contributed by atoms with Crippen molar-refractivity contribution in [3.05, 3.63) is 20.7 Å².